The molecular weight excluding hydrogens is 1150 g/mol. The Morgan fingerprint density at radius 3 is 1.33 bits per heavy atom. The van der Waals surface area contributed by atoms with Gasteiger partial charge in [-0.15, -0.1) is 0 Å². The maximum Gasteiger partial charge on any atom is 0.284 e. The molecule has 2 atom stereocenters. The predicted octanol–water partition coefficient (Wildman–Crippen LogP) is 8.17. The van der Waals surface area contributed by atoms with Crippen molar-refractivity contribution in [3.63, 3.8) is 0 Å². The SMILES string of the molecule is CCCCCCCCCCCCCCCC(=O)NCCCC[C@H](NC(=O)CCCCCCCCCCCCCCC)C(=O)N[C@@H](Cc1ccc(O)cc1)C(=O)NCCCOCCOCCOCCCNC(=O)COCC(=O)NCC(=O)NCCCNC(=O)C=O. The van der Waals surface area contributed by atoms with Crippen LogP contribution in [0.25, 0.3) is 0 Å². The molecule has 1 aromatic carbocycles. The number of benzene rings is 1. The molecule has 0 aliphatic heterocycles. The summed E-state index contributed by atoms with van der Waals surface area (Å²) in [6, 6.07) is 4.62. The van der Waals surface area contributed by atoms with E-state index in [2.05, 4.69) is 56.4 Å². The fraction of sp³-hybridized carbons (Fsp3) is 0.779. The first-order valence-corrected chi connectivity index (χ1v) is 34.6. The number of aldehydes is 1. The van der Waals surface area contributed by atoms with Crippen LogP contribution < -0.4 is 42.5 Å². The molecule has 0 fully saturated rings. The van der Waals surface area contributed by atoms with Gasteiger partial charge in [0.25, 0.3) is 5.91 Å². The molecule has 22 heteroatoms. The van der Waals surface area contributed by atoms with Gasteiger partial charge in [0.05, 0.1) is 33.0 Å². The van der Waals surface area contributed by atoms with Crippen LogP contribution in [-0.4, -0.2) is 163 Å². The summed E-state index contributed by atoms with van der Waals surface area (Å²) >= 11 is 0. The summed E-state index contributed by atoms with van der Waals surface area (Å²) in [5.41, 5.74) is 0.729. The maximum absolute atomic E-state index is 14.1. The summed E-state index contributed by atoms with van der Waals surface area (Å²) in [6.07, 6.45) is 35.9. The van der Waals surface area contributed by atoms with E-state index in [0.717, 1.165) is 50.5 Å². The second-order valence-corrected chi connectivity index (χ2v) is 23.4. The van der Waals surface area contributed by atoms with E-state index in [0.29, 0.717) is 104 Å². The van der Waals surface area contributed by atoms with Crippen LogP contribution in [0.15, 0.2) is 24.3 Å². The number of nitrogens with one attached hydrogen (secondary N) is 8. The van der Waals surface area contributed by atoms with Gasteiger partial charge < -0.3 is 66.6 Å². The molecule has 0 saturated heterocycles. The van der Waals surface area contributed by atoms with E-state index in [1.54, 1.807) is 12.1 Å². The monoisotopic (exact) mass is 1270 g/mol. The van der Waals surface area contributed by atoms with Gasteiger partial charge in [0.1, 0.15) is 31.0 Å². The van der Waals surface area contributed by atoms with Gasteiger partial charge in [0.2, 0.25) is 47.6 Å². The van der Waals surface area contributed by atoms with E-state index in [-0.39, 0.29) is 63.1 Å². The third-order valence-electron chi connectivity index (χ3n) is 15.2. The van der Waals surface area contributed by atoms with Crippen LogP contribution in [0.5, 0.6) is 5.75 Å². The molecule has 0 radical (unpaired) electrons. The van der Waals surface area contributed by atoms with Crippen LogP contribution in [-0.2, 0) is 68.5 Å². The van der Waals surface area contributed by atoms with Gasteiger partial charge in [-0.25, -0.2) is 0 Å². The van der Waals surface area contributed by atoms with E-state index in [1.807, 2.05) is 0 Å². The number of phenolic OH excluding ortho intramolecular Hbond substituents is 1. The Kier molecular flexibility index (Phi) is 55.6. The van der Waals surface area contributed by atoms with Crippen molar-refractivity contribution in [2.24, 2.45) is 0 Å². The van der Waals surface area contributed by atoms with Crippen molar-refractivity contribution in [2.75, 3.05) is 92.1 Å². The highest BCUT2D eigenvalue weighted by atomic mass is 16.5. The maximum atomic E-state index is 14.1. The summed E-state index contributed by atoms with van der Waals surface area (Å²) in [7, 11) is 0. The molecule has 0 aliphatic rings. The lowest BCUT2D eigenvalue weighted by Gasteiger charge is -2.23. The number of unbranched alkanes of at least 4 members (excludes halogenated alkanes) is 25. The molecule has 0 spiro atoms. The summed E-state index contributed by atoms with van der Waals surface area (Å²) in [6.45, 7) is 7.06. The molecular formula is C68H120N8O14. The first-order chi connectivity index (χ1) is 43.9. The molecule has 0 bridgehead atoms. The number of aromatic hydroxyl groups is 1. The summed E-state index contributed by atoms with van der Waals surface area (Å²) in [5, 5.41) is 31.8. The van der Waals surface area contributed by atoms with Crippen LogP contribution in [0.1, 0.15) is 238 Å². The zero-order valence-corrected chi connectivity index (χ0v) is 55.4. The van der Waals surface area contributed by atoms with Crippen LogP contribution in [0, 0.1) is 0 Å². The van der Waals surface area contributed by atoms with Crippen LogP contribution in [0.4, 0.5) is 0 Å². The van der Waals surface area contributed by atoms with E-state index in [9.17, 15) is 48.3 Å². The Morgan fingerprint density at radius 1 is 0.389 bits per heavy atom. The van der Waals surface area contributed by atoms with E-state index < -0.39 is 54.1 Å². The Morgan fingerprint density at radius 2 is 0.811 bits per heavy atom. The van der Waals surface area contributed by atoms with Crippen molar-refractivity contribution >= 4 is 53.5 Å². The molecule has 90 heavy (non-hydrogen) atoms. The van der Waals surface area contributed by atoms with Crippen LogP contribution >= 0.6 is 0 Å². The highest BCUT2D eigenvalue weighted by Crippen LogP contribution is 2.16. The van der Waals surface area contributed by atoms with Gasteiger partial charge in [-0.1, -0.05) is 180 Å². The van der Waals surface area contributed by atoms with E-state index in [1.165, 1.54) is 134 Å². The summed E-state index contributed by atoms with van der Waals surface area (Å²) in [5.74, 6) is -3.11. The van der Waals surface area contributed by atoms with Crippen molar-refractivity contribution in [2.45, 2.75) is 251 Å². The van der Waals surface area contributed by atoms with Gasteiger partial charge in [-0.3, -0.25) is 43.2 Å². The smallest absolute Gasteiger partial charge is 0.284 e. The standard InChI is InChI=1S/C68H120N8O14/c1-3-5-7-9-11-13-15-17-19-21-23-25-27-35-61(79)69-41-30-29-34-59(75-62(80)36-28-26-24-22-20-18-16-14-12-10-8-6-4-2)68(86)76-60(52-57-37-39-58(78)40-38-57)67(85)73-45-33-47-88-49-51-89-50-48-87-46-32-44-72-65(83)55-90-56-66(84)74-53-63(81)70-42-31-43-71-64(82)54-77/h37-40,54,59-60,78H,3-36,41-53,55-56H2,1-2H3,(H,69,79)(H,70,81)(H,71,82)(H,72,83)(H,73,85)(H,74,84)(H,75,80)(H,76,86)/t59-,60-/m0/s1. The zero-order chi connectivity index (χ0) is 65.6. The van der Waals surface area contributed by atoms with E-state index in [4.69, 9.17) is 18.9 Å². The van der Waals surface area contributed by atoms with Gasteiger partial charge in [0, 0.05) is 65.2 Å². The van der Waals surface area contributed by atoms with Crippen LogP contribution in [0.3, 0.4) is 0 Å². The molecule has 0 unspecified atom stereocenters. The second-order valence-electron chi connectivity index (χ2n) is 23.4. The Hall–Kier alpha value is -5.71. The number of phenols is 1. The second kappa shape index (κ2) is 60.8. The lowest BCUT2D eigenvalue weighted by molar-refractivity contribution is -0.132. The molecule has 1 aromatic rings. The lowest BCUT2D eigenvalue weighted by Crippen LogP contribution is -2.54. The highest BCUT2D eigenvalue weighted by molar-refractivity contribution is 6.23. The fourth-order valence-corrected chi connectivity index (χ4v) is 9.88. The van der Waals surface area contributed by atoms with Crippen molar-refractivity contribution in [3.05, 3.63) is 29.8 Å². The minimum Gasteiger partial charge on any atom is -0.508 e. The number of rotatable bonds is 64. The number of ether oxygens (including phenoxy) is 4. The number of hydrogen-bond acceptors (Lipinski definition) is 14. The highest BCUT2D eigenvalue weighted by Gasteiger charge is 2.27. The van der Waals surface area contributed by atoms with Crippen molar-refractivity contribution in [1.29, 1.82) is 0 Å². The third kappa shape index (κ3) is 53.0. The first kappa shape index (κ1) is 82.3. The quantitative estimate of drug-likeness (QED) is 0.0169. The van der Waals surface area contributed by atoms with Gasteiger partial charge in [-0.05, 0) is 69.1 Å². The Balaban J connectivity index is 2.50. The molecule has 516 valence electrons. The molecule has 0 aliphatic carbocycles. The van der Waals surface area contributed by atoms with Crippen molar-refractivity contribution in [3.8, 4) is 5.75 Å². The number of hydrogen-bond donors (Lipinski definition) is 9. The predicted molar refractivity (Wildman–Crippen MR) is 351 cm³/mol. The molecule has 9 N–H and O–H groups in total. The van der Waals surface area contributed by atoms with Crippen molar-refractivity contribution in [1.82, 2.24) is 42.5 Å². The number of carbonyl (C=O) groups excluding carboxylic acids is 9. The molecule has 0 aromatic heterocycles. The molecule has 22 nitrogen and oxygen atoms in total. The Bertz CT molecular complexity index is 2020. The van der Waals surface area contributed by atoms with Gasteiger partial charge >= 0.3 is 0 Å². The number of carbonyl (C=O) groups is 9. The summed E-state index contributed by atoms with van der Waals surface area (Å²) in [4.78, 5) is 111. The van der Waals surface area contributed by atoms with Crippen LogP contribution in [0.2, 0.25) is 0 Å². The van der Waals surface area contributed by atoms with Gasteiger partial charge in [0.15, 0.2) is 0 Å². The van der Waals surface area contributed by atoms with E-state index >= 15 is 0 Å². The topological polar surface area (TPSA) is 307 Å². The third-order valence-corrected chi connectivity index (χ3v) is 15.2. The minimum absolute atomic E-state index is 0.0345. The summed E-state index contributed by atoms with van der Waals surface area (Å²) < 4.78 is 22.0. The largest absolute Gasteiger partial charge is 0.508 e. The lowest BCUT2D eigenvalue weighted by atomic mass is 10.0. The van der Waals surface area contributed by atoms with Crippen molar-refractivity contribution < 1.29 is 67.2 Å². The Labute approximate surface area is 539 Å². The van der Waals surface area contributed by atoms with Gasteiger partial charge in [-0.2, -0.15) is 0 Å². The molecule has 0 saturated carbocycles. The minimum atomic E-state index is -0.970. The molecule has 1 rings (SSSR count). The molecule has 8 amide bonds. The molecule has 0 heterocycles. The zero-order valence-electron chi connectivity index (χ0n) is 55.4. The first-order valence-electron chi connectivity index (χ1n) is 34.6. The normalized spacial score (nSPS) is 11.7. The average molecular weight is 1270 g/mol. The fourth-order valence-electron chi connectivity index (χ4n) is 9.88. The average Bonchev–Trinajstić information content (AvgIpc) is 3.15. The number of amides is 8.